The van der Waals surface area contributed by atoms with Crippen molar-refractivity contribution in [3.63, 3.8) is 0 Å². The van der Waals surface area contributed by atoms with Gasteiger partial charge in [0.05, 0.1) is 0 Å². The van der Waals surface area contributed by atoms with E-state index < -0.39 is 6.04 Å². The highest BCUT2D eigenvalue weighted by Gasteiger charge is 2.26. The van der Waals surface area contributed by atoms with Crippen LogP contribution < -0.4 is 16.0 Å². The van der Waals surface area contributed by atoms with Crippen LogP contribution in [-0.4, -0.2) is 50.1 Å². The second kappa shape index (κ2) is 9.42. The molecule has 1 atom stereocenters. The van der Waals surface area contributed by atoms with Crippen molar-refractivity contribution in [3.8, 4) is 0 Å². The Bertz CT molecular complexity index is 556. The Morgan fingerprint density at radius 1 is 1.12 bits per heavy atom. The Morgan fingerprint density at radius 2 is 1.72 bits per heavy atom. The van der Waals surface area contributed by atoms with E-state index in [-0.39, 0.29) is 23.3 Å². The van der Waals surface area contributed by atoms with E-state index in [1.807, 2.05) is 46.1 Å². The molecule has 6 nitrogen and oxygen atoms in total. The summed E-state index contributed by atoms with van der Waals surface area (Å²) in [6, 6.07) is 8.20. The third-order valence-electron chi connectivity index (χ3n) is 3.75. The van der Waals surface area contributed by atoms with Gasteiger partial charge in [-0.1, -0.05) is 45.9 Å². The van der Waals surface area contributed by atoms with Gasteiger partial charge in [0.1, 0.15) is 6.04 Å². The zero-order valence-corrected chi connectivity index (χ0v) is 16.2. The van der Waals surface area contributed by atoms with Crippen LogP contribution in [0.25, 0.3) is 0 Å². The van der Waals surface area contributed by atoms with Gasteiger partial charge in [-0.15, -0.1) is 0 Å². The van der Waals surface area contributed by atoms with Crippen LogP contribution in [0.15, 0.2) is 30.3 Å². The normalized spacial score (nSPS) is 12.8. The van der Waals surface area contributed by atoms with Crippen molar-refractivity contribution in [2.45, 2.75) is 33.7 Å². The lowest BCUT2D eigenvalue weighted by Gasteiger charge is -2.30. The highest BCUT2D eigenvalue weighted by Crippen LogP contribution is 2.14. The van der Waals surface area contributed by atoms with E-state index in [1.54, 1.807) is 12.1 Å². The zero-order valence-electron chi connectivity index (χ0n) is 16.2. The molecule has 140 valence electrons. The fraction of sp³-hybridized carbons (Fsp3) is 0.579. The number of hydrogen-bond donors (Lipinski definition) is 3. The maximum Gasteiger partial charge on any atom is 0.319 e. The first-order valence-corrected chi connectivity index (χ1v) is 8.66. The van der Waals surface area contributed by atoms with Crippen LogP contribution in [0.4, 0.5) is 10.5 Å². The fourth-order valence-corrected chi connectivity index (χ4v) is 2.71. The smallest absolute Gasteiger partial charge is 0.319 e. The van der Waals surface area contributed by atoms with Crippen LogP contribution in [0, 0.1) is 11.3 Å². The van der Waals surface area contributed by atoms with Crippen molar-refractivity contribution in [2.24, 2.45) is 11.3 Å². The predicted molar refractivity (Wildman–Crippen MR) is 103 cm³/mol. The summed E-state index contributed by atoms with van der Waals surface area (Å²) in [6.07, 6.45) is 0. The molecule has 0 spiro atoms. The second-order valence-corrected chi connectivity index (χ2v) is 7.81. The lowest BCUT2D eigenvalue weighted by atomic mass is 9.92. The molecular formula is C19H32N4O2. The molecule has 3 amide bonds. The molecule has 6 heteroatoms. The number of carbonyl (C=O) groups excluding carboxylic acids is 2. The summed E-state index contributed by atoms with van der Waals surface area (Å²) < 4.78 is 0. The van der Waals surface area contributed by atoms with Crippen molar-refractivity contribution in [1.29, 1.82) is 0 Å². The van der Waals surface area contributed by atoms with Gasteiger partial charge in [0.15, 0.2) is 0 Å². The van der Waals surface area contributed by atoms with E-state index in [1.165, 1.54) is 0 Å². The third kappa shape index (κ3) is 8.03. The van der Waals surface area contributed by atoms with E-state index in [2.05, 4.69) is 34.7 Å². The van der Waals surface area contributed by atoms with Crippen LogP contribution in [0.3, 0.4) is 0 Å². The van der Waals surface area contributed by atoms with E-state index >= 15 is 0 Å². The predicted octanol–water partition coefficient (Wildman–Crippen LogP) is 2.54. The van der Waals surface area contributed by atoms with Crippen molar-refractivity contribution in [2.75, 3.05) is 32.5 Å². The largest absolute Gasteiger partial charge is 0.354 e. The Hall–Kier alpha value is -2.08. The zero-order chi connectivity index (χ0) is 19.0. The van der Waals surface area contributed by atoms with Crippen molar-refractivity contribution in [3.05, 3.63) is 30.3 Å². The molecule has 0 bridgehead atoms. The summed E-state index contributed by atoms with van der Waals surface area (Å²) in [5.74, 6) is -0.177. The maximum atomic E-state index is 12.5. The number of urea groups is 1. The van der Waals surface area contributed by atoms with Crippen molar-refractivity contribution >= 4 is 17.6 Å². The van der Waals surface area contributed by atoms with E-state index in [4.69, 9.17) is 0 Å². The van der Waals surface area contributed by atoms with Gasteiger partial charge in [0, 0.05) is 18.8 Å². The van der Waals surface area contributed by atoms with Gasteiger partial charge in [-0.3, -0.25) is 4.79 Å². The summed E-state index contributed by atoms with van der Waals surface area (Å²) in [5, 5.41) is 8.48. The molecule has 1 aromatic rings. The molecule has 0 saturated heterocycles. The first kappa shape index (κ1) is 21.0. The molecule has 0 heterocycles. The molecule has 0 unspecified atom stereocenters. The molecule has 1 aromatic carbocycles. The van der Waals surface area contributed by atoms with E-state index in [0.717, 1.165) is 6.54 Å². The van der Waals surface area contributed by atoms with Crippen LogP contribution in [0.5, 0.6) is 0 Å². The molecule has 0 aliphatic heterocycles. The summed E-state index contributed by atoms with van der Waals surface area (Å²) in [7, 11) is 4.02. The van der Waals surface area contributed by atoms with Gasteiger partial charge in [-0.25, -0.2) is 4.79 Å². The summed E-state index contributed by atoms with van der Waals surface area (Å²) in [4.78, 5) is 26.8. The number of carbonyl (C=O) groups is 2. The molecule has 25 heavy (non-hydrogen) atoms. The van der Waals surface area contributed by atoms with E-state index in [9.17, 15) is 9.59 Å². The minimum Gasteiger partial charge on any atom is -0.354 e. The van der Waals surface area contributed by atoms with Gasteiger partial charge in [-0.05, 0) is 37.6 Å². The summed E-state index contributed by atoms with van der Waals surface area (Å²) in [6.45, 7) is 9.45. The lowest BCUT2D eigenvalue weighted by molar-refractivity contribution is -0.124. The number of amides is 3. The molecule has 0 aliphatic rings. The average Bonchev–Trinajstić information content (AvgIpc) is 2.50. The van der Waals surface area contributed by atoms with Crippen molar-refractivity contribution < 1.29 is 9.59 Å². The van der Waals surface area contributed by atoms with Gasteiger partial charge < -0.3 is 20.9 Å². The van der Waals surface area contributed by atoms with Gasteiger partial charge in [0.25, 0.3) is 0 Å². The maximum absolute atomic E-state index is 12.5. The van der Waals surface area contributed by atoms with Gasteiger partial charge in [-0.2, -0.15) is 0 Å². The average molecular weight is 348 g/mol. The molecule has 0 aliphatic carbocycles. The van der Waals surface area contributed by atoms with Crippen LogP contribution in [-0.2, 0) is 4.79 Å². The minimum absolute atomic E-state index is 0.0153. The van der Waals surface area contributed by atoms with Crippen LogP contribution in [0.1, 0.15) is 27.7 Å². The molecule has 3 N–H and O–H groups in total. The van der Waals surface area contributed by atoms with Crippen LogP contribution in [0.2, 0.25) is 0 Å². The Balaban J connectivity index is 2.60. The van der Waals surface area contributed by atoms with Crippen molar-refractivity contribution in [1.82, 2.24) is 15.5 Å². The number of benzene rings is 1. The summed E-state index contributed by atoms with van der Waals surface area (Å²) in [5.41, 5.74) is 0.641. The lowest BCUT2D eigenvalue weighted by Crippen LogP contribution is -2.52. The molecule has 0 saturated carbocycles. The number of para-hydroxylation sites is 1. The number of anilines is 1. The quantitative estimate of drug-likeness (QED) is 0.676. The first-order chi connectivity index (χ1) is 11.6. The molecule has 0 radical (unpaired) electrons. The second-order valence-electron chi connectivity index (χ2n) is 7.81. The van der Waals surface area contributed by atoms with E-state index in [0.29, 0.717) is 12.2 Å². The number of nitrogens with one attached hydrogen (secondary N) is 3. The minimum atomic E-state index is -0.584. The highest BCUT2D eigenvalue weighted by molar-refractivity contribution is 5.93. The third-order valence-corrected chi connectivity index (χ3v) is 3.75. The molecule has 1 rings (SSSR count). The topological polar surface area (TPSA) is 73.5 Å². The highest BCUT2D eigenvalue weighted by atomic mass is 16.2. The Labute approximate surface area is 151 Å². The number of hydrogen-bond acceptors (Lipinski definition) is 3. The number of rotatable bonds is 8. The first-order valence-electron chi connectivity index (χ1n) is 8.66. The molecule has 0 fully saturated rings. The monoisotopic (exact) mass is 348 g/mol. The Kier molecular flexibility index (Phi) is 7.90. The van der Waals surface area contributed by atoms with Gasteiger partial charge >= 0.3 is 6.03 Å². The van der Waals surface area contributed by atoms with Crippen LogP contribution >= 0.6 is 0 Å². The molecular weight excluding hydrogens is 316 g/mol. The molecule has 0 aromatic heterocycles. The SMILES string of the molecule is CC(C)[C@@H](NC(=O)Nc1ccccc1)C(=O)NCC(C)(C)CN(C)C. The number of nitrogens with zero attached hydrogens (tertiary/aromatic N) is 1. The summed E-state index contributed by atoms with van der Waals surface area (Å²) >= 11 is 0. The standard InChI is InChI=1S/C19H32N4O2/c1-14(2)16(17(24)20-12-19(3,4)13-23(5)6)22-18(25)21-15-10-8-7-9-11-15/h7-11,14,16H,12-13H2,1-6H3,(H,20,24)(H2,21,22,25)/t16-/m1/s1. The Morgan fingerprint density at radius 3 is 2.24 bits per heavy atom. The fourth-order valence-electron chi connectivity index (χ4n) is 2.71. The van der Waals surface area contributed by atoms with Gasteiger partial charge in [0.2, 0.25) is 5.91 Å².